The third-order valence-electron chi connectivity index (χ3n) is 3.17. The Labute approximate surface area is 88.3 Å². The van der Waals surface area contributed by atoms with Crippen molar-refractivity contribution in [2.45, 2.75) is 37.6 Å². The van der Waals surface area contributed by atoms with Crippen LogP contribution in [-0.2, 0) is 12.0 Å². The molecule has 1 fully saturated rings. The quantitative estimate of drug-likeness (QED) is 0.817. The van der Waals surface area contributed by atoms with E-state index in [-0.39, 0.29) is 12.0 Å². The maximum atomic E-state index is 12.4. The maximum absolute atomic E-state index is 12.4. The average Bonchev–Trinajstić information content (AvgIpc) is 2.14. The largest absolute Gasteiger partial charge is 0.321 e. The van der Waals surface area contributed by atoms with Gasteiger partial charge in [-0.25, -0.2) is 8.78 Å². The van der Waals surface area contributed by atoms with Gasteiger partial charge in [-0.15, -0.1) is 0 Å². The van der Waals surface area contributed by atoms with Crippen molar-refractivity contribution in [3.05, 3.63) is 35.4 Å². The van der Waals surface area contributed by atoms with Crippen LogP contribution in [0.2, 0.25) is 0 Å². The molecule has 82 valence electrons. The van der Waals surface area contributed by atoms with Crippen LogP contribution in [-0.4, -0.2) is 6.43 Å². The van der Waals surface area contributed by atoms with Crippen LogP contribution in [0.5, 0.6) is 0 Å². The second-order valence-electron chi connectivity index (χ2n) is 4.26. The van der Waals surface area contributed by atoms with Gasteiger partial charge in [-0.3, -0.25) is 0 Å². The second kappa shape index (κ2) is 3.89. The van der Waals surface area contributed by atoms with Gasteiger partial charge in [-0.1, -0.05) is 24.3 Å². The maximum Gasteiger partial charge on any atom is 0.242 e. The van der Waals surface area contributed by atoms with Crippen molar-refractivity contribution in [3.8, 4) is 0 Å². The van der Waals surface area contributed by atoms with E-state index in [0.717, 1.165) is 24.8 Å². The molecular weight excluding hydrogens is 196 g/mol. The van der Waals surface area contributed by atoms with Crippen LogP contribution >= 0.6 is 0 Å². The van der Waals surface area contributed by atoms with Crippen molar-refractivity contribution in [1.82, 2.24) is 0 Å². The highest BCUT2D eigenvalue weighted by Gasteiger charge is 2.35. The van der Waals surface area contributed by atoms with Crippen molar-refractivity contribution in [2.24, 2.45) is 5.73 Å². The van der Waals surface area contributed by atoms with Crippen LogP contribution in [0.25, 0.3) is 0 Å². The molecule has 2 N–H and O–H groups in total. The fraction of sp³-hybridized carbons (Fsp3) is 0.500. The van der Waals surface area contributed by atoms with E-state index in [1.807, 2.05) is 12.1 Å². The van der Waals surface area contributed by atoms with Gasteiger partial charge in [0.2, 0.25) is 6.43 Å². The van der Waals surface area contributed by atoms with Crippen LogP contribution in [0, 0.1) is 0 Å². The summed E-state index contributed by atoms with van der Waals surface area (Å²) in [7, 11) is 0. The van der Waals surface area contributed by atoms with Gasteiger partial charge < -0.3 is 5.73 Å². The molecule has 2 rings (SSSR count). The molecule has 0 saturated heterocycles. The van der Waals surface area contributed by atoms with E-state index in [2.05, 4.69) is 0 Å². The minimum atomic E-state index is -2.30. The van der Waals surface area contributed by atoms with Gasteiger partial charge in [-0.2, -0.15) is 0 Å². The lowest BCUT2D eigenvalue weighted by atomic mass is 9.71. The summed E-state index contributed by atoms with van der Waals surface area (Å²) in [4.78, 5) is 0. The third kappa shape index (κ3) is 2.02. The standard InChI is InChI=1S/C12H15F2N/c13-11(14)8-9-4-1-2-5-10(9)12(15)6-3-7-12/h1-2,4-5,11H,3,6-8,15H2. The van der Waals surface area contributed by atoms with Gasteiger partial charge in [0.25, 0.3) is 0 Å². The molecule has 1 aliphatic rings. The van der Waals surface area contributed by atoms with Gasteiger partial charge in [0.05, 0.1) is 0 Å². The molecule has 1 aromatic carbocycles. The average molecular weight is 211 g/mol. The SMILES string of the molecule is NC1(c2ccccc2CC(F)F)CCC1. The molecule has 0 radical (unpaired) electrons. The Kier molecular flexibility index (Phi) is 2.74. The molecule has 15 heavy (non-hydrogen) atoms. The van der Waals surface area contributed by atoms with Crippen LogP contribution in [0.3, 0.4) is 0 Å². The molecule has 0 bridgehead atoms. The summed E-state index contributed by atoms with van der Waals surface area (Å²) >= 11 is 0. The van der Waals surface area contributed by atoms with Gasteiger partial charge >= 0.3 is 0 Å². The van der Waals surface area contributed by atoms with Crippen molar-refractivity contribution in [2.75, 3.05) is 0 Å². The number of hydrogen-bond donors (Lipinski definition) is 1. The summed E-state index contributed by atoms with van der Waals surface area (Å²) in [6.45, 7) is 0. The Morgan fingerprint density at radius 2 is 1.93 bits per heavy atom. The van der Waals surface area contributed by atoms with E-state index in [4.69, 9.17) is 5.73 Å². The lowest BCUT2D eigenvalue weighted by Gasteiger charge is -2.40. The highest BCUT2D eigenvalue weighted by atomic mass is 19.3. The van der Waals surface area contributed by atoms with Crippen molar-refractivity contribution in [1.29, 1.82) is 0 Å². The summed E-state index contributed by atoms with van der Waals surface area (Å²) in [5.74, 6) is 0. The molecule has 0 unspecified atom stereocenters. The van der Waals surface area contributed by atoms with E-state index < -0.39 is 6.43 Å². The highest BCUT2D eigenvalue weighted by Crippen LogP contribution is 2.40. The zero-order valence-corrected chi connectivity index (χ0v) is 8.55. The lowest BCUT2D eigenvalue weighted by Crippen LogP contribution is -2.44. The molecule has 1 aromatic rings. The zero-order chi connectivity index (χ0) is 10.9. The Bertz CT molecular complexity index is 345. The van der Waals surface area contributed by atoms with Crippen molar-refractivity contribution < 1.29 is 8.78 Å². The summed E-state index contributed by atoms with van der Waals surface area (Å²) in [6, 6.07) is 7.31. The zero-order valence-electron chi connectivity index (χ0n) is 8.55. The Morgan fingerprint density at radius 1 is 1.27 bits per heavy atom. The Balaban J connectivity index is 2.29. The van der Waals surface area contributed by atoms with Crippen molar-refractivity contribution in [3.63, 3.8) is 0 Å². The number of alkyl halides is 2. The predicted molar refractivity (Wildman–Crippen MR) is 55.9 cm³/mol. The Morgan fingerprint density at radius 3 is 2.47 bits per heavy atom. The number of hydrogen-bond acceptors (Lipinski definition) is 1. The first-order chi connectivity index (χ1) is 7.12. The van der Waals surface area contributed by atoms with E-state index in [1.54, 1.807) is 12.1 Å². The van der Waals surface area contributed by atoms with Crippen LogP contribution in [0.1, 0.15) is 30.4 Å². The van der Waals surface area contributed by atoms with E-state index in [0.29, 0.717) is 5.56 Å². The van der Waals surface area contributed by atoms with Crippen LogP contribution in [0.4, 0.5) is 8.78 Å². The first kappa shape index (κ1) is 10.6. The first-order valence-corrected chi connectivity index (χ1v) is 5.27. The van der Waals surface area contributed by atoms with E-state index in [1.165, 1.54) is 0 Å². The van der Waals surface area contributed by atoms with Crippen LogP contribution in [0.15, 0.2) is 24.3 Å². The number of nitrogens with two attached hydrogens (primary N) is 1. The highest BCUT2D eigenvalue weighted by molar-refractivity contribution is 5.35. The lowest BCUT2D eigenvalue weighted by molar-refractivity contribution is 0.147. The smallest absolute Gasteiger partial charge is 0.242 e. The number of halogens is 2. The second-order valence-corrected chi connectivity index (χ2v) is 4.26. The molecule has 1 saturated carbocycles. The third-order valence-corrected chi connectivity index (χ3v) is 3.17. The molecule has 1 nitrogen and oxygen atoms in total. The molecule has 0 spiro atoms. The Hall–Kier alpha value is -0.960. The monoisotopic (exact) mass is 211 g/mol. The molecule has 0 amide bonds. The summed E-state index contributed by atoms with van der Waals surface area (Å²) in [5, 5.41) is 0. The van der Waals surface area contributed by atoms with Gasteiger partial charge in [0.15, 0.2) is 0 Å². The first-order valence-electron chi connectivity index (χ1n) is 5.27. The molecule has 0 heterocycles. The van der Waals surface area contributed by atoms with Gasteiger partial charge in [0, 0.05) is 12.0 Å². The molecular formula is C12H15F2N. The van der Waals surface area contributed by atoms with E-state index in [9.17, 15) is 8.78 Å². The van der Waals surface area contributed by atoms with Gasteiger partial charge in [-0.05, 0) is 30.4 Å². The molecule has 3 heteroatoms. The molecule has 0 atom stereocenters. The summed E-state index contributed by atoms with van der Waals surface area (Å²) in [6.07, 6.45) is 0.435. The topological polar surface area (TPSA) is 26.0 Å². The summed E-state index contributed by atoms with van der Waals surface area (Å²) < 4.78 is 24.7. The number of benzene rings is 1. The van der Waals surface area contributed by atoms with E-state index >= 15 is 0 Å². The van der Waals surface area contributed by atoms with Gasteiger partial charge in [0.1, 0.15) is 0 Å². The minimum absolute atomic E-state index is 0.185. The molecule has 0 aromatic heterocycles. The molecule has 1 aliphatic carbocycles. The summed E-state index contributed by atoms with van der Waals surface area (Å²) in [5.41, 5.74) is 7.43. The fourth-order valence-electron chi connectivity index (χ4n) is 2.18. The minimum Gasteiger partial charge on any atom is -0.321 e. The predicted octanol–water partition coefficient (Wildman–Crippen LogP) is 2.83. The van der Waals surface area contributed by atoms with Crippen molar-refractivity contribution >= 4 is 0 Å². The normalized spacial score (nSPS) is 18.9. The van der Waals surface area contributed by atoms with Crippen LogP contribution < -0.4 is 5.73 Å². The molecule has 0 aliphatic heterocycles. The number of rotatable bonds is 3. The fourth-order valence-corrected chi connectivity index (χ4v) is 2.18.